The summed E-state index contributed by atoms with van der Waals surface area (Å²) in [7, 11) is 0. The summed E-state index contributed by atoms with van der Waals surface area (Å²) in [6.45, 7) is 6.53. The molecule has 3 heteroatoms. The molecule has 1 heterocycles. The van der Waals surface area contributed by atoms with Crippen molar-refractivity contribution in [3.05, 3.63) is 27.7 Å². The van der Waals surface area contributed by atoms with E-state index in [4.69, 9.17) is 10.5 Å². The first-order valence-electron chi connectivity index (χ1n) is 6.30. The van der Waals surface area contributed by atoms with Gasteiger partial charge in [-0.1, -0.05) is 43.1 Å². The molecule has 2 unspecified atom stereocenters. The number of fused-ring (bicyclic) bond motifs is 1. The Hall–Kier alpha value is -0.540. The highest BCUT2D eigenvalue weighted by Crippen LogP contribution is 2.43. The number of rotatable bonds is 3. The van der Waals surface area contributed by atoms with Crippen LogP contribution in [-0.2, 0) is 0 Å². The van der Waals surface area contributed by atoms with E-state index in [0.717, 1.165) is 28.6 Å². The topological polar surface area (TPSA) is 35.2 Å². The van der Waals surface area contributed by atoms with Gasteiger partial charge in [-0.3, -0.25) is 0 Å². The van der Waals surface area contributed by atoms with Crippen LogP contribution in [0.15, 0.2) is 16.6 Å². The molecule has 0 aliphatic carbocycles. The zero-order chi connectivity index (χ0) is 12.6. The summed E-state index contributed by atoms with van der Waals surface area (Å²) in [6, 6.07) is 4.26. The van der Waals surface area contributed by atoms with Crippen molar-refractivity contribution in [2.45, 2.75) is 51.7 Å². The first-order valence-corrected chi connectivity index (χ1v) is 7.09. The number of hydrogen-bond donors (Lipinski definition) is 1. The van der Waals surface area contributed by atoms with Gasteiger partial charge in [0.15, 0.2) is 0 Å². The van der Waals surface area contributed by atoms with Gasteiger partial charge in [-0.2, -0.15) is 0 Å². The van der Waals surface area contributed by atoms with Gasteiger partial charge in [-0.25, -0.2) is 0 Å². The zero-order valence-electron chi connectivity index (χ0n) is 10.7. The van der Waals surface area contributed by atoms with E-state index in [9.17, 15) is 0 Å². The zero-order valence-corrected chi connectivity index (χ0v) is 12.3. The second kappa shape index (κ2) is 4.99. The van der Waals surface area contributed by atoms with Crippen molar-refractivity contribution < 1.29 is 4.74 Å². The predicted octanol–water partition coefficient (Wildman–Crippen LogP) is 4.13. The molecule has 0 spiro atoms. The van der Waals surface area contributed by atoms with Gasteiger partial charge < -0.3 is 10.5 Å². The van der Waals surface area contributed by atoms with Gasteiger partial charge in [0.1, 0.15) is 11.9 Å². The predicted molar refractivity (Wildman–Crippen MR) is 74.5 cm³/mol. The summed E-state index contributed by atoms with van der Waals surface area (Å²) in [4.78, 5) is 0. The van der Waals surface area contributed by atoms with E-state index in [1.807, 2.05) is 0 Å². The molecule has 2 atom stereocenters. The molecule has 0 amide bonds. The number of nitrogens with two attached hydrogens (primary N) is 1. The van der Waals surface area contributed by atoms with Crippen LogP contribution >= 0.6 is 15.9 Å². The molecule has 0 fully saturated rings. The molecule has 0 aromatic heterocycles. The highest BCUT2D eigenvalue weighted by molar-refractivity contribution is 9.10. The summed E-state index contributed by atoms with van der Waals surface area (Å²) in [6.07, 6.45) is 2.26. The van der Waals surface area contributed by atoms with Crippen molar-refractivity contribution in [3.63, 3.8) is 0 Å². The molecular weight excluding hydrogens is 278 g/mol. The minimum atomic E-state index is 0.0138. The van der Waals surface area contributed by atoms with Crippen LogP contribution in [0.4, 0.5) is 0 Å². The van der Waals surface area contributed by atoms with Gasteiger partial charge in [0.05, 0.1) is 6.04 Å². The van der Waals surface area contributed by atoms with Gasteiger partial charge >= 0.3 is 0 Å². The van der Waals surface area contributed by atoms with Gasteiger partial charge in [-0.05, 0) is 30.0 Å². The maximum absolute atomic E-state index is 6.27. The molecule has 94 valence electrons. The van der Waals surface area contributed by atoms with Crippen molar-refractivity contribution in [1.29, 1.82) is 0 Å². The fraction of sp³-hybridized carbons (Fsp3) is 0.571. The van der Waals surface area contributed by atoms with Gasteiger partial charge in [0, 0.05) is 10.0 Å². The van der Waals surface area contributed by atoms with Crippen LogP contribution in [0.5, 0.6) is 5.75 Å². The first kappa shape index (κ1) is 12.9. The van der Waals surface area contributed by atoms with Crippen LogP contribution in [0.1, 0.15) is 56.7 Å². The standard InChI is InChI=1S/C14H20BrNO/c1-4-5-12-13(16)11-7-9(15)6-10(8(2)3)14(11)17-12/h6-8,12-13H,4-5,16H2,1-3H3. The highest BCUT2D eigenvalue weighted by atomic mass is 79.9. The van der Waals surface area contributed by atoms with Crippen molar-refractivity contribution in [3.8, 4) is 5.75 Å². The van der Waals surface area contributed by atoms with E-state index in [0.29, 0.717) is 5.92 Å². The van der Waals surface area contributed by atoms with Crippen LogP contribution < -0.4 is 10.5 Å². The highest BCUT2D eigenvalue weighted by Gasteiger charge is 2.33. The van der Waals surface area contributed by atoms with Crippen LogP contribution in [0.3, 0.4) is 0 Å². The van der Waals surface area contributed by atoms with Gasteiger partial charge in [0.25, 0.3) is 0 Å². The van der Waals surface area contributed by atoms with E-state index in [1.165, 1.54) is 5.56 Å². The molecule has 1 aliphatic rings. The number of halogens is 1. The summed E-state index contributed by atoms with van der Waals surface area (Å²) in [5.41, 5.74) is 8.68. The fourth-order valence-corrected chi connectivity index (χ4v) is 2.89. The van der Waals surface area contributed by atoms with E-state index in [-0.39, 0.29) is 12.1 Å². The summed E-state index contributed by atoms with van der Waals surface area (Å²) in [5.74, 6) is 1.47. The molecule has 0 bridgehead atoms. The van der Waals surface area contributed by atoms with E-state index < -0.39 is 0 Å². The molecule has 0 radical (unpaired) electrons. The lowest BCUT2D eigenvalue weighted by molar-refractivity contribution is 0.193. The average Bonchev–Trinajstić information content (AvgIpc) is 2.56. The van der Waals surface area contributed by atoms with Crippen molar-refractivity contribution in [2.24, 2.45) is 5.73 Å². The Morgan fingerprint density at radius 3 is 2.71 bits per heavy atom. The summed E-state index contributed by atoms with van der Waals surface area (Å²) >= 11 is 3.56. The lowest BCUT2D eigenvalue weighted by Crippen LogP contribution is -2.24. The van der Waals surface area contributed by atoms with Crippen LogP contribution in [0.25, 0.3) is 0 Å². The quantitative estimate of drug-likeness (QED) is 0.910. The Bertz CT molecular complexity index is 417. The number of ether oxygens (including phenoxy) is 1. The Labute approximate surface area is 112 Å². The number of hydrogen-bond acceptors (Lipinski definition) is 2. The normalized spacial score (nSPS) is 22.7. The van der Waals surface area contributed by atoms with Crippen molar-refractivity contribution >= 4 is 15.9 Å². The molecule has 2 N–H and O–H groups in total. The van der Waals surface area contributed by atoms with Crippen LogP contribution in [0, 0.1) is 0 Å². The lowest BCUT2D eigenvalue weighted by Gasteiger charge is -2.14. The third kappa shape index (κ3) is 2.36. The summed E-state index contributed by atoms with van der Waals surface area (Å²) in [5, 5.41) is 0. The third-order valence-corrected chi connectivity index (χ3v) is 3.79. The van der Waals surface area contributed by atoms with E-state index >= 15 is 0 Å². The van der Waals surface area contributed by atoms with Crippen LogP contribution in [-0.4, -0.2) is 6.10 Å². The minimum absolute atomic E-state index is 0.0138. The maximum Gasteiger partial charge on any atom is 0.128 e. The SMILES string of the molecule is CCCC1Oc2c(C(C)C)cc(Br)cc2C1N. The Balaban J connectivity index is 2.42. The monoisotopic (exact) mass is 297 g/mol. The smallest absolute Gasteiger partial charge is 0.128 e. The minimum Gasteiger partial charge on any atom is -0.488 e. The molecule has 0 saturated carbocycles. The second-order valence-corrected chi connectivity index (χ2v) is 5.95. The molecule has 1 aromatic carbocycles. The Morgan fingerprint density at radius 2 is 2.12 bits per heavy atom. The maximum atomic E-state index is 6.27. The summed E-state index contributed by atoms with van der Waals surface area (Å²) < 4.78 is 7.15. The van der Waals surface area contributed by atoms with Crippen molar-refractivity contribution in [1.82, 2.24) is 0 Å². The fourth-order valence-electron chi connectivity index (χ4n) is 2.40. The second-order valence-electron chi connectivity index (χ2n) is 5.04. The molecule has 1 aromatic rings. The molecule has 17 heavy (non-hydrogen) atoms. The van der Waals surface area contributed by atoms with Crippen LogP contribution in [0.2, 0.25) is 0 Å². The van der Waals surface area contributed by atoms with E-state index in [2.05, 4.69) is 48.8 Å². The molecule has 1 aliphatic heterocycles. The molecule has 2 rings (SSSR count). The number of benzene rings is 1. The largest absolute Gasteiger partial charge is 0.488 e. The third-order valence-electron chi connectivity index (χ3n) is 3.34. The van der Waals surface area contributed by atoms with Gasteiger partial charge in [-0.15, -0.1) is 0 Å². The van der Waals surface area contributed by atoms with E-state index in [1.54, 1.807) is 0 Å². The Morgan fingerprint density at radius 1 is 1.41 bits per heavy atom. The molecule has 2 nitrogen and oxygen atoms in total. The Kier molecular flexibility index (Phi) is 3.79. The first-order chi connectivity index (χ1) is 8.04. The molecular formula is C14H20BrNO. The van der Waals surface area contributed by atoms with Gasteiger partial charge in [0.2, 0.25) is 0 Å². The van der Waals surface area contributed by atoms with Crippen molar-refractivity contribution in [2.75, 3.05) is 0 Å². The molecule has 0 saturated heterocycles. The average molecular weight is 298 g/mol. The lowest BCUT2D eigenvalue weighted by atomic mass is 9.96.